The lowest BCUT2D eigenvalue weighted by Crippen LogP contribution is -2.46. The predicted molar refractivity (Wildman–Crippen MR) is 118 cm³/mol. The number of carbonyl (C=O) groups is 2. The van der Waals surface area contributed by atoms with Crippen molar-refractivity contribution in [1.29, 1.82) is 0 Å². The zero-order valence-corrected chi connectivity index (χ0v) is 17.8. The van der Waals surface area contributed by atoms with Gasteiger partial charge in [0.25, 0.3) is 0 Å². The van der Waals surface area contributed by atoms with Crippen molar-refractivity contribution in [2.24, 2.45) is 11.8 Å². The van der Waals surface area contributed by atoms with Crippen molar-refractivity contribution >= 4 is 17.6 Å². The summed E-state index contributed by atoms with van der Waals surface area (Å²) in [5, 5.41) is 5.98. The molecule has 0 bridgehead atoms. The van der Waals surface area contributed by atoms with Crippen LogP contribution in [0.15, 0.2) is 54.6 Å². The van der Waals surface area contributed by atoms with Crippen molar-refractivity contribution in [3.63, 3.8) is 0 Å². The zero-order valence-electron chi connectivity index (χ0n) is 17.8. The van der Waals surface area contributed by atoms with Crippen LogP contribution < -0.4 is 15.4 Å². The minimum Gasteiger partial charge on any atom is -0.497 e. The first-order valence-corrected chi connectivity index (χ1v) is 10.6. The Bertz CT molecular complexity index is 823. The number of piperidine rings is 1. The molecule has 6 nitrogen and oxygen atoms in total. The van der Waals surface area contributed by atoms with E-state index in [1.807, 2.05) is 59.5 Å². The number of carbonyl (C=O) groups excluding carboxylic acids is 2. The monoisotopic (exact) mass is 409 g/mol. The van der Waals surface area contributed by atoms with Crippen LogP contribution in [0, 0.1) is 11.8 Å². The fourth-order valence-corrected chi connectivity index (χ4v) is 3.97. The highest BCUT2D eigenvalue weighted by atomic mass is 16.5. The number of anilines is 1. The summed E-state index contributed by atoms with van der Waals surface area (Å²) in [5.41, 5.74) is 1.85. The molecular weight excluding hydrogens is 378 g/mol. The van der Waals surface area contributed by atoms with Crippen molar-refractivity contribution in [3.05, 3.63) is 60.2 Å². The van der Waals surface area contributed by atoms with Crippen LogP contribution in [-0.2, 0) is 11.3 Å². The highest BCUT2D eigenvalue weighted by molar-refractivity contribution is 5.89. The van der Waals surface area contributed by atoms with Gasteiger partial charge >= 0.3 is 6.03 Å². The smallest absolute Gasteiger partial charge is 0.321 e. The van der Waals surface area contributed by atoms with E-state index in [-0.39, 0.29) is 11.9 Å². The second-order valence-corrected chi connectivity index (χ2v) is 7.79. The molecule has 1 aliphatic heterocycles. The molecule has 2 aromatic carbocycles. The first-order chi connectivity index (χ1) is 14.6. The summed E-state index contributed by atoms with van der Waals surface area (Å²) < 4.78 is 5.16. The van der Waals surface area contributed by atoms with Gasteiger partial charge in [-0.3, -0.25) is 4.79 Å². The molecule has 0 radical (unpaired) electrons. The highest BCUT2D eigenvalue weighted by Crippen LogP contribution is 2.29. The number of hydrogen-bond donors (Lipinski definition) is 2. The van der Waals surface area contributed by atoms with Gasteiger partial charge in [0.1, 0.15) is 5.75 Å². The van der Waals surface area contributed by atoms with E-state index < -0.39 is 0 Å². The van der Waals surface area contributed by atoms with Gasteiger partial charge < -0.3 is 20.3 Å². The average Bonchev–Trinajstić information content (AvgIpc) is 2.79. The lowest BCUT2D eigenvalue weighted by molar-refractivity contribution is -0.123. The summed E-state index contributed by atoms with van der Waals surface area (Å²) in [6, 6.07) is 17.1. The van der Waals surface area contributed by atoms with Gasteiger partial charge in [-0.15, -0.1) is 0 Å². The van der Waals surface area contributed by atoms with E-state index in [4.69, 9.17) is 4.74 Å². The van der Waals surface area contributed by atoms with E-state index in [9.17, 15) is 9.59 Å². The Hall–Kier alpha value is -3.02. The number of hydrogen-bond acceptors (Lipinski definition) is 3. The van der Waals surface area contributed by atoms with Gasteiger partial charge in [-0.1, -0.05) is 43.7 Å². The maximum absolute atomic E-state index is 12.6. The van der Waals surface area contributed by atoms with Crippen molar-refractivity contribution in [2.45, 2.75) is 32.7 Å². The Labute approximate surface area is 178 Å². The quantitative estimate of drug-likeness (QED) is 0.717. The van der Waals surface area contributed by atoms with E-state index >= 15 is 0 Å². The number of likely N-dealkylation sites (tertiary alicyclic amines) is 1. The van der Waals surface area contributed by atoms with Gasteiger partial charge in [-0.05, 0) is 48.1 Å². The number of rotatable bonds is 7. The van der Waals surface area contributed by atoms with E-state index in [2.05, 4.69) is 17.6 Å². The standard InChI is InChI=1S/C24H31N3O3/c1-3-19-17-27(24(29)26-21-7-5-4-6-8-21)14-13-20(19)15-23(28)25-16-18-9-11-22(30-2)12-10-18/h4-12,19-20H,3,13-17H2,1-2H3,(H,25,28)(H,26,29)/t19-,20-/m0/s1. The number of nitrogens with zero attached hydrogens (tertiary/aromatic N) is 1. The molecular formula is C24H31N3O3. The molecule has 2 N–H and O–H groups in total. The van der Waals surface area contributed by atoms with Crippen molar-refractivity contribution in [2.75, 3.05) is 25.5 Å². The second kappa shape index (κ2) is 10.7. The molecule has 30 heavy (non-hydrogen) atoms. The van der Waals surface area contributed by atoms with Gasteiger partial charge in [-0.2, -0.15) is 0 Å². The maximum atomic E-state index is 12.6. The number of urea groups is 1. The summed E-state index contributed by atoms with van der Waals surface area (Å²) >= 11 is 0. The molecule has 160 valence electrons. The summed E-state index contributed by atoms with van der Waals surface area (Å²) in [4.78, 5) is 27.0. The van der Waals surface area contributed by atoms with Crippen LogP contribution in [0.3, 0.4) is 0 Å². The maximum Gasteiger partial charge on any atom is 0.321 e. The van der Waals surface area contributed by atoms with Crippen LogP contribution in [0.5, 0.6) is 5.75 Å². The van der Waals surface area contributed by atoms with Crippen LogP contribution in [-0.4, -0.2) is 37.0 Å². The molecule has 1 fully saturated rings. The number of benzene rings is 2. The number of ether oxygens (including phenoxy) is 1. The molecule has 3 rings (SSSR count). The Morgan fingerprint density at radius 2 is 1.80 bits per heavy atom. The second-order valence-electron chi connectivity index (χ2n) is 7.79. The molecule has 2 atom stereocenters. The normalized spacial score (nSPS) is 18.5. The van der Waals surface area contributed by atoms with Crippen LogP contribution >= 0.6 is 0 Å². The minimum atomic E-state index is -0.0675. The van der Waals surface area contributed by atoms with Gasteiger partial charge in [0.15, 0.2) is 0 Å². The predicted octanol–water partition coefficient (Wildman–Crippen LogP) is 4.28. The van der Waals surface area contributed by atoms with Crippen molar-refractivity contribution in [1.82, 2.24) is 10.2 Å². The summed E-state index contributed by atoms with van der Waals surface area (Å²) in [5.74, 6) is 1.49. The Morgan fingerprint density at radius 1 is 1.07 bits per heavy atom. The van der Waals surface area contributed by atoms with E-state index in [0.717, 1.165) is 29.8 Å². The fourth-order valence-electron chi connectivity index (χ4n) is 3.97. The van der Waals surface area contributed by atoms with Crippen molar-refractivity contribution < 1.29 is 14.3 Å². The first-order valence-electron chi connectivity index (χ1n) is 10.6. The molecule has 3 amide bonds. The third-order valence-corrected chi connectivity index (χ3v) is 5.82. The molecule has 0 saturated carbocycles. The third kappa shape index (κ3) is 5.99. The van der Waals surface area contributed by atoms with Crippen molar-refractivity contribution in [3.8, 4) is 5.75 Å². The molecule has 0 aliphatic carbocycles. The average molecular weight is 410 g/mol. The Kier molecular flexibility index (Phi) is 7.71. The molecule has 1 heterocycles. The Morgan fingerprint density at radius 3 is 2.47 bits per heavy atom. The minimum absolute atomic E-state index is 0.0662. The topological polar surface area (TPSA) is 70.7 Å². The number of methoxy groups -OCH3 is 1. The van der Waals surface area contributed by atoms with Crippen LogP contribution in [0.4, 0.5) is 10.5 Å². The van der Waals surface area contributed by atoms with Crippen LogP contribution in [0.2, 0.25) is 0 Å². The largest absolute Gasteiger partial charge is 0.497 e. The molecule has 0 aromatic heterocycles. The number of para-hydroxylation sites is 1. The SMILES string of the molecule is CC[C@H]1CN(C(=O)Nc2ccccc2)CC[C@H]1CC(=O)NCc1ccc(OC)cc1. The first kappa shape index (κ1) is 21.7. The third-order valence-electron chi connectivity index (χ3n) is 5.82. The highest BCUT2D eigenvalue weighted by Gasteiger charge is 2.31. The van der Waals surface area contributed by atoms with E-state index in [1.54, 1.807) is 7.11 Å². The lowest BCUT2D eigenvalue weighted by Gasteiger charge is -2.38. The number of nitrogens with one attached hydrogen (secondary N) is 2. The fraction of sp³-hybridized carbons (Fsp3) is 0.417. The van der Waals surface area contributed by atoms with E-state index in [0.29, 0.717) is 37.9 Å². The molecule has 2 aromatic rings. The molecule has 1 aliphatic rings. The van der Waals surface area contributed by atoms with Crippen LogP contribution in [0.1, 0.15) is 31.7 Å². The molecule has 0 unspecified atom stereocenters. The van der Waals surface area contributed by atoms with Gasteiger partial charge in [-0.25, -0.2) is 4.79 Å². The molecule has 6 heteroatoms. The zero-order chi connectivity index (χ0) is 21.3. The molecule has 1 saturated heterocycles. The molecule has 0 spiro atoms. The van der Waals surface area contributed by atoms with Crippen LogP contribution in [0.25, 0.3) is 0 Å². The number of amides is 3. The Balaban J connectivity index is 1.47. The lowest BCUT2D eigenvalue weighted by atomic mass is 9.81. The van der Waals surface area contributed by atoms with Gasteiger partial charge in [0, 0.05) is 31.7 Å². The summed E-state index contributed by atoms with van der Waals surface area (Å²) in [6.07, 6.45) is 2.30. The summed E-state index contributed by atoms with van der Waals surface area (Å²) in [7, 11) is 1.64. The van der Waals surface area contributed by atoms with Gasteiger partial charge in [0.2, 0.25) is 5.91 Å². The van der Waals surface area contributed by atoms with E-state index in [1.165, 1.54) is 0 Å². The van der Waals surface area contributed by atoms with Gasteiger partial charge in [0.05, 0.1) is 7.11 Å². The summed E-state index contributed by atoms with van der Waals surface area (Å²) in [6.45, 7) is 4.00.